The highest BCUT2D eigenvalue weighted by Crippen LogP contribution is 2.41. The number of urea groups is 1. The zero-order valence-corrected chi connectivity index (χ0v) is 14.1. The van der Waals surface area contributed by atoms with Gasteiger partial charge in [0.15, 0.2) is 0 Å². The Bertz CT molecular complexity index is 683. The maximum atomic E-state index is 13.1. The van der Waals surface area contributed by atoms with Crippen LogP contribution in [0.2, 0.25) is 0 Å². The van der Waals surface area contributed by atoms with Gasteiger partial charge in [0.05, 0.1) is 12.3 Å². The summed E-state index contributed by atoms with van der Waals surface area (Å²) in [6.07, 6.45) is 3.20. The first-order valence-electron chi connectivity index (χ1n) is 8.57. The van der Waals surface area contributed by atoms with E-state index in [1.165, 1.54) is 18.4 Å². The molecule has 3 atom stereocenters. The molecule has 3 N–H and O–H groups in total. The molecular formula is C19H23FN2O3. The van der Waals surface area contributed by atoms with Gasteiger partial charge in [-0.2, -0.15) is 0 Å². The lowest BCUT2D eigenvalue weighted by Crippen LogP contribution is -2.43. The minimum Gasteiger partial charge on any atom is -0.467 e. The fraction of sp³-hybridized carbons (Fsp3) is 0.421. The van der Waals surface area contributed by atoms with Crippen molar-refractivity contribution in [3.8, 4) is 0 Å². The van der Waals surface area contributed by atoms with Crippen molar-refractivity contribution in [1.29, 1.82) is 0 Å². The second-order valence-corrected chi connectivity index (χ2v) is 6.65. The van der Waals surface area contributed by atoms with Gasteiger partial charge in [-0.15, -0.1) is 0 Å². The molecule has 0 aliphatic heterocycles. The molecule has 0 radical (unpaired) electrons. The van der Waals surface area contributed by atoms with Crippen LogP contribution in [0.5, 0.6) is 0 Å². The van der Waals surface area contributed by atoms with Crippen molar-refractivity contribution >= 4 is 6.03 Å². The number of benzene rings is 1. The van der Waals surface area contributed by atoms with Gasteiger partial charge in [-0.05, 0) is 55.5 Å². The standard InChI is InChI=1S/C19H23FN2O3/c1-12(11-16(23)17-3-2-10-25-17)21-19(24)22-18(13-4-5-13)14-6-8-15(20)9-7-14/h2-3,6-10,12-13,16,18,23H,4-5,11H2,1H3,(H2,21,22,24)/t12-,16-,18-/m1/s1. The highest BCUT2D eigenvalue weighted by Gasteiger charge is 2.33. The summed E-state index contributed by atoms with van der Waals surface area (Å²) in [5.74, 6) is 0.583. The Labute approximate surface area is 146 Å². The Hall–Kier alpha value is -2.34. The van der Waals surface area contributed by atoms with Crippen molar-refractivity contribution < 1.29 is 18.7 Å². The quantitative estimate of drug-likeness (QED) is 0.716. The Kier molecular flexibility index (Phi) is 5.38. The van der Waals surface area contributed by atoms with Gasteiger partial charge in [0, 0.05) is 12.5 Å². The molecule has 2 amide bonds. The Balaban J connectivity index is 1.54. The maximum Gasteiger partial charge on any atom is 0.315 e. The largest absolute Gasteiger partial charge is 0.467 e. The van der Waals surface area contributed by atoms with Crippen LogP contribution in [0, 0.1) is 11.7 Å². The van der Waals surface area contributed by atoms with E-state index in [0.717, 1.165) is 18.4 Å². The summed E-state index contributed by atoms with van der Waals surface area (Å²) in [5.41, 5.74) is 0.905. The second kappa shape index (κ2) is 7.70. The fourth-order valence-electron chi connectivity index (χ4n) is 2.97. The van der Waals surface area contributed by atoms with E-state index < -0.39 is 6.10 Å². The molecule has 0 unspecified atom stereocenters. The van der Waals surface area contributed by atoms with Gasteiger partial charge in [-0.3, -0.25) is 0 Å². The van der Waals surface area contributed by atoms with E-state index in [9.17, 15) is 14.3 Å². The molecule has 0 spiro atoms. The monoisotopic (exact) mass is 346 g/mol. The molecule has 134 valence electrons. The molecule has 1 aliphatic rings. The Morgan fingerprint density at radius 1 is 1.28 bits per heavy atom. The number of aliphatic hydroxyl groups is 1. The molecule has 0 bridgehead atoms. The molecule has 6 heteroatoms. The predicted molar refractivity (Wildman–Crippen MR) is 91.3 cm³/mol. The van der Waals surface area contributed by atoms with Gasteiger partial charge in [0.25, 0.3) is 0 Å². The summed E-state index contributed by atoms with van der Waals surface area (Å²) in [6, 6.07) is 9.02. The van der Waals surface area contributed by atoms with Crippen LogP contribution in [0.25, 0.3) is 0 Å². The van der Waals surface area contributed by atoms with Crippen LogP contribution in [0.3, 0.4) is 0 Å². The van der Waals surface area contributed by atoms with Gasteiger partial charge >= 0.3 is 6.03 Å². The van der Waals surface area contributed by atoms with Crippen LogP contribution >= 0.6 is 0 Å². The van der Waals surface area contributed by atoms with E-state index in [2.05, 4.69) is 10.6 Å². The number of carbonyl (C=O) groups excluding carboxylic acids is 1. The van der Waals surface area contributed by atoms with Crippen LogP contribution in [0.4, 0.5) is 9.18 Å². The smallest absolute Gasteiger partial charge is 0.315 e. The topological polar surface area (TPSA) is 74.5 Å². The number of hydrogen-bond acceptors (Lipinski definition) is 3. The van der Waals surface area contributed by atoms with Gasteiger partial charge in [-0.25, -0.2) is 9.18 Å². The number of aliphatic hydroxyl groups excluding tert-OH is 1. The molecule has 1 aliphatic carbocycles. The first kappa shape index (κ1) is 17.5. The summed E-state index contributed by atoms with van der Waals surface area (Å²) >= 11 is 0. The normalized spacial score (nSPS) is 17.6. The van der Waals surface area contributed by atoms with Crippen molar-refractivity contribution in [2.24, 2.45) is 5.92 Å². The summed E-state index contributed by atoms with van der Waals surface area (Å²) in [5, 5.41) is 15.9. The lowest BCUT2D eigenvalue weighted by Gasteiger charge is -2.22. The molecule has 1 saturated carbocycles. The van der Waals surface area contributed by atoms with E-state index in [4.69, 9.17) is 4.42 Å². The van der Waals surface area contributed by atoms with E-state index in [0.29, 0.717) is 18.1 Å². The second-order valence-electron chi connectivity index (χ2n) is 6.65. The first-order chi connectivity index (χ1) is 12.0. The number of hydrogen-bond donors (Lipinski definition) is 3. The van der Waals surface area contributed by atoms with Crippen molar-refractivity contribution in [3.05, 3.63) is 59.8 Å². The number of rotatable bonds is 7. The fourth-order valence-corrected chi connectivity index (χ4v) is 2.97. The first-order valence-corrected chi connectivity index (χ1v) is 8.57. The highest BCUT2D eigenvalue weighted by molar-refractivity contribution is 5.74. The molecule has 2 aromatic rings. The van der Waals surface area contributed by atoms with Gasteiger partial charge in [0.1, 0.15) is 17.7 Å². The Morgan fingerprint density at radius 3 is 2.60 bits per heavy atom. The summed E-state index contributed by atoms with van der Waals surface area (Å²) in [6.45, 7) is 1.83. The minimum atomic E-state index is -0.762. The molecule has 25 heavy (non-hydrogen) atoms. The minimum absolute atomic E-state index is 0.122. The highest BCUT2D eigenvalue weighted by atomic mass is 19.1. The third-order valence-electron chi connectivity index (χ3n) is 4.44. The summed E-state index contributed by atoms with van der Waals surface area (Å²) in [7, 11) is 0. The van der Waals surface area contributed by atoms with Gasteiger partial charge in [-0.1, -0.05) is 12.1 Å². The summed E-state index contributed by atoms with van der Waals surface area (Å²) in [4.78, 5) is 12.3. The molecule has 1 aromatic heterocycles. The number of amides is 2. The van der Waals surface area contributed by atoms with Crippen LogP contribution in [0.15, 0.2) is 47.1 Å². The number of furan rings is 1. The van der Waals surface area contributed by atoms with Gasteiger partial charge in [0.2, 0.25) is 0 Å². The predicted octanol–water partition coefficient (Wildman–Crippen LogP) is 3.68. The van der Waals surface area contributed by atoms with Crippen LogP contribution < -0.4 is 10.6 Å². The average Bonchev–Trinajstić information content (AvgIpc) is 3.26. The molecule has 1 heterocycles. The van der Waals surface area contributed by atoms with Crippen molar-refractivity contribution in [2.45, 2.75) is 44.4 Å². The zero-order chi connectivity index (χ0) is 17.8. The number of halogens is 1. The molecule has 0 saturated heterocycles. The van der Waals surface area contributed by atoms with Crippen molar-refractivity contribution in [3.63, 3.8) is 0 Å². The summed E-state index contributed by atoms with van der Waals surface area (Å²) < 4.78 is 18.3. The van der Waals surface area contributed by atoms with E-state index in [-0.39, 0.29) is 23.9 Å². The Morgan fingerprint density at radius 2 is 2.00 bits per heavy atom. The van der Waals surface area contributed by atoms with Gasteiger partial charge < -0.3 is 20.2 Å². The number of nitrogens with one attached hydrogen (secondary N) is 2. The van der Waals surface area contributed by atoms with E-state index >= 15 is 0 Å². The lowest BCUT2D eigenvalue weighted by atomic mass is 10.0. The van der Waals surface area contributed by atoms with E-state index in [1.54, 1.807) is 24.3 Å². The lowest BCUT2D eigenvalue weighted by molar-refractivity contribution is 0.129. The molecule has 1 fully saturated rings. The molecular weight excluding hydrogens is 323 g/mol. The molecule has 1 aromatic carbocycles. The third kappa shape index (κ3) is 4.82. The maximum absolute atomic E-state index is 13.1. The van der Waals surface area contributed by atoms with Crippen molar-refractivity contribution in [1.82, 2.24) is 10.6 Å². The van der Waals surface area contributed by atoms with Crippen LogP contribution in [0.1, 0.15) is 49.7 Å². The number of carbonyl (C=O) groups is 1. The van der Waals surface area contributed by atoms with Crippen LogP contribution in [-0.2, 0) is 0 Å². The van der Waals surface area contributed by atoms with Crippen molar-refractivity contribution in [2.75, 3.05) is 0 Å². The third-order valence-corrected chi connectivity index (χ3v) is 4.44. The van der Waals surface area contributed by atoms with E-state index in [1.807, 2.05) is 6.92 Å². The average molecular weight is 346 g/mol. The molecule has 5 nitrogen and oxygen atoms in total. The van der Waals surface area contributed by atoms with Crippen LogP contribution in [-0.4, -0.2) is 17.2 Å². The zero-order valence-electron chi connectivity index (χ0n) is 14.1. The molecule has 3 rings (SSSR count). The SMILES string of the molecule is C[C@H](C[C@@H](O)c1ccco1)NC(=O)N[C@@H](c1ccc(F)cc1)C1CC1.